The Balaban J connectivity index is 1.67. The van der Waals surface area contributed by atoms with Crippen molar-refractivity contribution in [2.24, 2.45) is 11.8 Å². The summed E-state index contributed by atoms with van der Waals surface area (Å²) in [5.74, 6) is 0.694. The molecule has 3 aromatic rings. The van der Waals surface area contributed by atoms with Crippen LogP contribution in [0, 0.1) is 11.8 Å². The van der Waals surface area contributed by atoms with Gasteiger partial charge in [0, 0.05) is 28.1 Å². The van der Waals surface area contributed by atoms with E-state index in [9.17, 15) is 4.79 Å². The lowest BCUT2D eigenvalue weighted by atomic mass is 9.75. The number of carbonyl (C=O) groups is 1. The number of nitrogens with zero attached hydrogens (tertiary/aromatic N) is 2. The lowest BCUT2D eigenvalue weighted by Gasteiger charge is -2.48. The maximum atomic E-state index is 13.8. The molecule has 1 aliphatic carbocycles. The van der Waals surface area contributed by atoms with Crippen LogP contribution in [0.5, 0.6) is 0 Å². The molecule has 1 saturated heterocycles. The summed E-state index contributed by atoms with van der Waals surface area (Å²) < 4.78 is 0. The van der Waals surface area contributed by atoms with E-state index in [0.717, 1.165) is 41.1 Å². The molecule has 4 atom stereocenters. The third kappa shape index (κ3) is 4.16. The highest BCUT2D eigenvalue weighted by molar-refractivity contribution is 6.30. The van der Waals surface area contributed by atoms with Gasteiger partial charge in [0.15, 0.2) is 0 Å². The largest absolute Gasteiger partial charge is 0.326 e. The number of pyridine rings is 1. The van der Waals surface area contributed by atoms with Crippen molar-refractivity contribution in [1.82, 2.24) is 9.88 Å². The van der Waals surface area contributed by atoms with Crippen LogP contribution in [0.25, 0.3) is 0 Å². The van der Waals surface area contributed by atoms with E-state index in [-0.39, 0.29) is 29.8 Å². The normalized spacial score (nSPS) is 24.4. The first-order valence-corrected chi connectivity index (χ1v) is 12.0. The molecule has 1 amide bonds. The molecule has 3 nitrogen and oxygen atoms in total. The van der Waals surface area contributed by atoms with Crippen LogP contribution in [0.2, 0.25) is 10.0 Å². The monoisotopic (exact) mass is 464 g/mol. The first-order chi connectivity index (χ1) is 15.5. The van der Waals surface area contributed by atoms with E-state index in [1.54, 1.807) is 0 Å². The van der Waals surface area contributed by atoms with E-state index >= 15 is 0 Å². The Morgan fingerprint density at radius 1 is 0.938 bits per heavy atom. The molecule has 2 heterocycles. The van der Waals surface area contributed by atoms with Crippen LogP contribution >= 0.6 is 23.2 Å². The fourth-order valence-electron chi connectivity index (χ4n) is 5.19. The number of hydrogen-bond acceptors (Lipinski definition) is 2. The summed E-state index contributed by atoms with van der Waals surface area (Å²) in [7, 11) is 0. The number of piperidine rings is 1. The Morgan fingerprint density at radius 2 is 1.72 bits per heavy atom. The molecule has 164 valence electrons. The summed E-state index contributed by atoms with van der Waals surface area (Å²) in [6.07, 6.45) is 4.85. The number of aromatic nitrogens is 1. The summed E-state index contributed by atoms with van der Waals surface area (Å²) >= 11 is 12.6. The van der Waals surface area contributed by atoms with Crippen molar-refractivity contribution in [3.05, 3.63) is 99.8 Å². The molecule has 5 rings (SSSR count). The average molecular weight is 465 g/mol. The van der Waals surface area contributed by atoms with Gasteiger partial charge in [-0.1, -0.05) is 60.5 Å². The molecule has 1 aromatic heterocycles. The Labute approximate surface area is 199 Å². The number of hydrogen-bond donors (Lipinski definition) is 0. The summed E-state index contributed by atoms with van der Waals surface area (Å²) in [4.78, 5) is 20.6. The molecule has 2 aliphatic rings. The van der Waals surface area contributed by atoms with Crippen molar-refractivity contribution in [2.75, 3.05) is 0 Å². The van der Waals surface area contributed by atoms with Crippen molar-refractivity contribution in [3.8, 4) is 0 Å². The Kier molecular flexibility index (Phi) is 5.96. The van der Waals surface area contributed by atoms with E-state index in [4.69, 9.17) is 28.2 Å². The third-order valence-corrected chi connectivity index (χ3v) is 7.30. The van der Waals surface area contributed by atoms with Crippen LogP contribution in [-0.4, -0.2) is 15.8 Å². The first kappa shape index (κ1) is 21.5. The molecule has 1 aliphatic heterocycles. The van der Waals surface area contributed by atoms with Gasteiger partial charge in [-0.2, -0.15) is 0 Å². The molecule has 0 spiro atoms. The first-order valence-electron chi connectivity index (χ1n) is 11.3. The van der Waals surface area contributed by atoms with Gasteiger partial charge in [0.05, 0.1) is 17.8 Å². The molecule has 2 unspecified atom stereocenters. The fourth-order valence-corrected chi connectivity index (χ4v) is 5.51. The van der Waals surface area contributed by atoms with Crippen molar-refractivity contribution >= 4 is 29.1 Å². The summed E-state index contributed by atoms with van der Waals surface area (Å²) in [5, 5.41) is 1.41. The zero-order chi connectivity index (χ0) is 22.2. The topological polar surface area (TPSA) is 33.2 Å². The maximum absolute atomic E-state index is 13.8. The van der Waals surface area contributed by atoms with Crippen molar-refractivity contribution in [3.63, 3.8) is 0 Å². The lowest BCUT2D eigenvalue weighted by Crippen LogP contribution is -2.48. The van der Waals surface area contributed by atoms with Crippen LogP contribution in [0.1, 0.15) is 61.0 Å². The van der Waals surface area contributed by atoms with Gasteiger partial charge in [0.1, 0.15) is 0 Å². The second-order valence-corrected chi connectivity index (χ2v) is 9.95. The number of carbonyl (C=O) groups excluding carboxylic acids is 1. The van der Waals surface area contributed by atoms with E-state index in [1.807, 2.05) is 55.6 Å². The standard InChI is InChI=1S/C27H26Cl2N2O/c1-17-15-23(20-5-4-6-22(29)16-20)25(18-10-12-21(28)13-11-18)31(27(17)32)26(19-8-9-19)24-7-2-3-14-30-24/h2-7,10-14,16-17,19,23,25-26H,8-9,15H2,1H3/t17?,23-,25?,26-/m1/s1. The van der Waals surface area contributed by atoms with Gasteiger partial charge in [0.25, 0.3) is 0 Å². The van der Waals surface area contributed by atoms with Gasteiger partial charge in [-0.05, 0) is 72.7 Å². The molecule has 0 N–H and O–H groups in total. The Hall–Kier alpha value is -2.36. The molecule has 0 radical (unpaired) electrons. The van der Waals surface area contributed by atoms with Crippen molar-refractivity contribution in [1.29, 1.82) is 0 Å². The van der Waals surface area contributed by atoms with E-state index in [1.165, 1.54) is 0 Å². The molecular formula is C27H26Cl2N2O. The molecule has 0 bridgehead atoms. The molecule has 5 heteroatoms. The molecule has 32 heavy (non-hydrogen) atoms. The predicted molar refractivity (Wildman–Crippen MR) is 129 cm³/mol. The van der Waals surface area contributed by atoms with Crippen LogP contribution in [0.3, 0.4) is 0 Å². The van der Waals surface area contributed by atoms with Crippen molar-refractivity contribution < 1.29 is 4.79 Å². The summed E-state index contributed by atoms with van der Waals surface area (Å²) in [6.45, 7) is 2.05. The molecule has 2 fully saturated rings. The number of rotatable bonds is 5. The summed E-state index contributed by atoms with van der Waals surface area (Å²) in [5.41, 5.74) is 3.24. The number of halogens is 2. The SMILES string of the molecule is CC1C[C@H](c2cccc(Cl)c2)C(c2ccc(Cl)cc2)N([C@@H](c2ccccn2)C2CC2)C1=O. The predicted octanol–water partition coefficient (Wildman–Crippen LogP) is 7.23. The number of benzene rings is 2. The van der Waals surface area contributed by atoms with E-state index < -0.39 is 0 Å². The van der Waals surface area contributed by atoms with Gasteiger partial charge in [-0.15, -0.1) is 0 Å². The average Bonchev–Trinajstić information content (AvgIpc) is 3.63. The summed E-state index contributed by atoms with van der Waals surface area (Å²) in [6, 6.07) is 21.9. The highest BCUT2D eigenvalue weighted by Crippen LogP contribution is 2.53. The minimum absolute atomic E-state index is 0.0335. The quantitative estimate of drug-likeness (QED) is 0.398. The lowest BCUT2D eigenvalue weighted by molar-refractivity contribution is -0.147. The van der Waals surface area contributed by atoms with Crippen LogP contribution < -0.4 is 0 Å². The third-order valence-electron chi connectivity index (χ3n) is 6.81. The Morgan fingerprint density at radius 3 is 2.38 bits per heavy atom. The minimum Gasteiger partial charge on any atom is -0.326 e. The smallest absolute Gasteiger partial charge is 0.226 e. The second kappa shape index (κ2) is 8.88. The molecular weight excluding hydrogens is 439 g/mol. The zero-order valence-corrected chi connectivity index (χ0v) is 19.5. The highest BCUT2D eigenvalue weighted by Gasteiger charge is 2.49. The van der Waals surface area contributed by atoms with Crippen LogP contribution in [0.15, 0.2) is 72.9 Å². The highest BCUT2D eigenvalue weighted by atomic mass is 35.5. The molecule has 1 saturated carbocycles. The minimum atomic E-state index is -0.109. The van der Waals surface area contributed by atoms with Gasteiger partial charge in [-0.25, -0.2) is 0 Å². The van der Waals surface area contributed by atoms with Gasteiger partial charge < -0.3 is 4.90 Å². The van der Waals surface area contributed by atoms with Crippen LogP contribution in [0.4, 0.5) is 0 Å². The number of amides is 1. The second-order valence-electron chi connectivity index (χ2n) is 9.08. The zero-order valence-electron chi connectivity index (χ0n) is 18.0. The van der Waals surface area contributed by atoms with Crippen molar-refractivity contribution in [2.45, 2.75) is 44.2 Å². The van der Waals surface area contributed by atoms with E-state index in [2.05, 4.69) is 29.2 Å². The van der Waals surface area contributed by atoms with Gasteiger partial charge in [0.2, 0.25) is 5.91 Å². The Bertz CT molecular complexity index is 1100. The van der Waals surface area contributed by atoms with Crippen LogP contribution in [-0.2, 0) is 4.79 Å². The number of likely N-dealkylation sites (tertiary alicyclic amines) is 1. The maximum Gasteiger partial charge on any atom is 0.226 e. The molecule has 2 aromatic carbocycles. The van der Waals surface area contributed by atoms with Gasteiger partial charge in [-0.3, -0.25) is 9.78 Å². The fraction of sp³-hybridized carbons (Fsp3) is 0.333. The van der Waals surface area contributed by atoms with Gasteiger partial charge >= 0.3 is 0 Å². The van der Waals surface area contributed by atoms with E-state index in [0.29, 0.717) is 10.9 Å².